The number of benzene rings is 2. The Morgan fingerprint density at radius 3 is 2.55 bits per heavy atom. The SMILES string of the molecule is Cc1cccc(C)c1NC(=O)N/N=C/c1ccc(Br)cc1Cl. The molecule has 0 fully saturated rings. The van der Waals surface area contributed by atoms with E-state index in [2.05, 4.69) is 31.8 Å². The van der Waals surface area contributed by atoms with Gasteiger partial charge in [-0.1, -0.05) is 51.8 Å². The van der Waals surface area contributed by atoms with Gasteiger partial charge in [-0.3, -0.25) is 0 Å². The van der Waals surface area contributed by atoms with Crippen LogP contribution in [0, 0.1) is 13.8 Å². The quantitative estimate of drug-likeness (QED) is 0.579. The van der Waals surface area contributed by atoms with Crippen molar-refractivity contribution >= 4 is 45.5 Å². The standard InChI is InChI=1S/C16H15BrClN3O/c1-10-4-3-5-11(2)15(10)20-16(22)21-19-9-12-6-7-13(17)8-14(12)18/h3-9H,1-2H3,(H2,20,21,22)/b19-9+. The molecule has 0 spiro atoms. The van der Waals surface area contributed by atoms with E-state index in [1.807, 2.05) is 38.1 Å². The third kappa shape index (κ3) is 4.32. The van der Waals surface area contributed by atoms with Crippen molar-refractivity contribution in [3.05, 3.63) is 62.6 Å². The first kappa shape index (κ1) is 16.5. The lowest BCUT2D eigenvalue weighted by molar-refractivity contribution is 0.252. The van der Waals surface area contributed by atoms with Crippen molar-refractivity contribution in [2.45, 2.75) is 13.8 Å². The van der Waals surface area contributed by atoms with Crippen molar-refractivity contribution in [3.63, 3.8) is 0 Å². The molecule has 0 aliphatic carbocycles. The summed E-state index contributed by atoms with van der Waals surface area (Å²) < 4.78 is 0.885. The summed E-state index contributed by atoms with van der Waals surface area (Å²) in [5.74, 6) is 0. The van der Waals surface area contributed by atoms with E-state index in [1.165, 1.54) is 6.21 Å². The van der Waals surface area contributed by atoms with Crippen molar-refractivity contribution in [1.29, 1.82) is 0 Å². The molecule has 0 aliphatic rings. The van der Waals surface area contributed by atoms with Crippen LogP contribution in [0.3, 0.4) is 0 Å². The maximum Gasteiger partial charge on any atom is 0.339 e. The number of amides is 2. The second kappa shape index (κ2) is 7.42. The van der Waals surface area contributed by atoms with Gasteiger partial charge < -0.3 is 5.32 Å². The molecule has 2 amide bonds. The molecule has 2 aromatic carbocycles. The zero-order valence-corrected chi connectivity index (χ0v) is 14.5. The summed E-state index contributed by atoms with van der Waals surface area (Å²) in [6.45, 7) is 3.88. The van der Waals surface area contributed by atoms with Gasteiger partial charge in [-0.2, -0.15) is 5.10 Å². The normalized spacial score (nSPS) is 10.7. The highest BCUT2D eigenvalue weighted by molar-refractivity contribution is 9.10. The van der Waals surface area contributed by atoms with E-state index in [9.17, 15) is 4.79 Å². The molecule has 6 heteroatoms. The highest BCUT2D eigenvalue weighted by atomic mass is 79.9. The number of hydrazone groups is 1. The van der Waals surface area contributed by atoms with Gasteiger partial charge in [-0.15, -0.1) is 0 Å². The van der Waals surface area contributed by atoms with E-state index < -0.39 is 6.03 Å². The van der Waals surface area contributed by atoms with Crippen LogP contribution in [0.25, 0.3) is 0 Å². The number of nitrogens with zero attached hydrogens (tertiary/aromatic N) is 1. The number of anilines is 1. The van der Waals surface area contributed by atoms with E-state index in [1.54, 1.807) is 12.1 Å². The minimum absolute atomic E-state index is 0.401. The number of carbonyl (C=O) groups is 1. The van der Waals surface area contributed by atoms with Crippen LogP contribution in [0.2, 0.25) is 5.02 Å². The molecule has 0 saturated carbocycles. The molecule has 0 unspecified atom stereocenters. The third-order valence-electron chi connectivity index (χ3n) is 3.05. The molecule has 0 aromatic heterocycles. The van der Waals surface area contributed by atoms with Gasteiger partial charge in [-0.05, 0) is 37.1 Å². The Kier molecular flexibility index (Phi) is 5.57. The van der Waals surface area contributed by atoms with Crippen molar-refractivity contribution in [2.75, 3.05) is 5.32 Å². The number of halogens is 2. The first-order valence-electron chi connectivity index (χ1n) is 6.58. The van der Waals surface area contributed by atoms with Gasteiger partial charge >= 0.3 is 6.03 Å². The summed E-state index contributed by atoms with van der Waals surface area (Å²) in [4.78, 5) is 11.9. The molecule has 0 atom stereocenters. The lowest BCUT2D eigenvalue weighted by Crippen LogP contribution is -2.25. The molecule has 0 aliphatic heterocycles. The van der Waals surface area contributed by atoms with Gasteiger partial charge in [0.1, 0.15) is 0 Å². The number of nitrogens with one attached hydrogen (secondary N) is 2. The van der Waals surface area contributed by atoms with Crippen molar-refractivity contribution in [2.24, 2.45) is 5.10 Å². The molecule has 4 nitrogen and oxygen atoms in total. The molecule has 114 valence electrons. The summed E-state index contributed by atoms with van der Waals surface area (Å²) in [5.41, 5.74) is 5.92. The molecule has 2 rings (SSSR count). The number of rotatable bonds is 3. The number of carbonyl (C=O) groups excluding carboxylic acids is 1. The molecule has 0 saturated heterocycles. The molecule has 2 aromatic rings. The Morgan fingerprint density at radius 2 is 1.91 bits per heavy atom. The van der Waals surface area contributed by atoms with E-state index in [0.29, 0.717) is 5.02 Å². The second-order valence-corrected chi connectivity index (χ2v) is 6.08. The molecular formula is C16H15BrClN3O. The number of hydrogen-bond donors (Lipinski definition) is 2. The summed E-state index contributed by atoms with van der Waals surface area (Å²) in [6.07, 6.45) is 1.50. The lowest BCUT2D eigenvalue weighted by atomic mass is 10.1. The van der Waals surface area contributed by atoms with Crippen LogP contribution in [0.4, 0.5) is 10.5 Å². The van der Waals surface area contributed by atoms with Crippen LogP contribution in [0.1, 0.15) is 16.7 Å². The highest BCUT2D eigenvalue weighted by Crippen LogP contribution is 2.20. The Hall–Kier alpha value is -1.85. The Bertz CT molecular complexity index is 711. The van der Waals surface area contributed by atoms with E-state index in [4.69, 9.17) is 11.6 Å². The van der Waals surface area contributed by atoms with Crippen LogP contribution in [0.5, 0.6) is 0 Å². The zero-order valence-electron chi connectivity index (χ0n) is 12.2. The average molecular weight is 381 g/mol. The second-order valence-electron chi connectivity index (χ2n) is 4.76. The van der Waals surface area contributed by atoms with E-state index in [0.717, 1.165) is 26.9 Å². The van der Waals surface area contributed by atoms with Gasteiger partial charge in [0.15, 0.2) is 0 Å². The van der Waals surface area contributed by atoms with Crippen molar-refractivity contribution < 1.29 is 4.79 Å². The number of para-hydroxylation sites is 1. The molecule has 22 heavy (non-hydrogen) atoms. The highest BCUT2D eigenvalue weighted by Gasteiger charge is 2.05. The van der Waals surface area contributed by atoms with Crippen LogP contribution >= 0.6 is 27.5 Å². The third-order valence-corrected chi connectivity index (χ3v) is 3.87. The van der Waals surface area contributed by atoms with Crippen molar-refractivity contribution in [1.82, 2.24) is 5.43 Å². The minimum Gasteiger partial charge on any atom is -0.306 e. The van der Waals surface area contributed by atoms with Gasteiger partial charge in [0.2, 0.25) is 0 Å². The maximum atomic E-state index is 11.9. The predicted molar refractivity (Wildman–Crippen MR) is 94.8 cm³/mol. The van der Waals surface area contributed by atoms with E-state index >= 15 is 0 Å². The number of hydrogen-bond acceptors (Lipinski definition) is 2. The van der Waals surface area contributed by atoms with Crippen LogP contribution in [0.15, 0.2) is 46.0 Å². The molecule has 0 radical (unpaired) electrons. The fourth-order valence-corrected chi connectivity index (χ4v) is 2.64. The average Bonchev–Trinajstić information content (AvgIpc) is 2.45. The summed E-state index contributed by atoms with van der Waals surface area (Å²) in [5, 5.41) is 7.24. The topological polar surface area (TPSA) is 53.5 Å². The largest absolute Gasteiger partial charge is 0.339 e. The molecule has 2 N–H and O–H groups in total. The Balaban J connectivity index is 1.99. The lowest BCUT2D eigenvalue weighted by Gasteiger charge is -2.10. The minimum atomic E-state index is -0.401. The Morgan fingerprint density at radius 1 is 1.23 bits per heavy atom. The first-order valence-corrected chi connectivity index (χ1v) is 7.76. The van der Waals surface area contributed by atoms with Gasteiger partial charge in [0, 0.05) is 15.7 Å². The van der Waals surface area contributed by atoms with Gasteiger partial charge in [0.05, 0.1) is 11.2 Å². The summed E-state index contributed by atoms with van der Waals surface area (Å²) in [6, 6.07) is 10.8. The zero-order chi connectivity index (χ0) is 16.1. The fraction of sp³-hybridized carbons (Fsp3) is 0.125. The van der Waals surface area contributed by atoms with Crippen LogP contribution in [-0.4, -0.2) is 12.2 Å². The van der Waals surface area contributed by atoms with Crippen molar-refractivity contribution in [3.8, 4) is 0 Å². The number of urea groups is 1. The van der Waals surface area contributed by atoms with Crippen LogP contribution in [-0.2, 0) is 0 Å². The first-order chi connectivity index (χ1) is 10.5. The van der Waals surface area contributed by atoms with E-state index in [-0.39, 0.29) is 0 Å². The van der Waals surface area contributed by atoms with Gasteiger partial charge in [-0.25, -0.2) is 10.2 Å². The fourth-order valence-electron chi connectivity index (χ4n) is 1.92. The maximum absolute atomic E-state index is 11.9. The summed E-state index contributed by atoms with van der Waals surface area (Å²) >= 11 is 9.40. The predicted octanol–water partition coefficient (Wildman–Crippen LogP) is 4.87. The molecular weight excluding hydrogens is 366 g/mol. The van der Waals surface area contributed by atoms with Gasteiger partial charge in [0.25, 0.3) is 0 Å². The Labute approximate surface area is 142 Å². The number of aryl methyl sites for hydroxylation is 2. The molecule has 0 bridgehead atoms. The smallest absolute Gasteiger partial charge is 0.306 e. The molecule has 0 heterocycles. The van der Waals surface area contributed by atoms with Crippen LogP contribution < -0.4 is 10.7 Å². The monoisotopic (exact) mass is 379 g/mol. The summed E-state index contributed by atoms with van der Waals surface area (Å²) in [7, 11) is 0.